The van der Waals surface area contributed by atoms with Crippen molar-refractivity contribution >= 4 is 6.29 Å². The van der Waals surface area contributed by atoms with Crippen molar-refractivity contribution in [1.82, 2.24) is 0 Å². The predicted octanol–water partition coefficient (Wildman–Crippen LogP) is 0.850. The maximum atomic E-state index is 10.1. The van der Waals surface area contributed by atoms with Crippen molar-refractivity contribution in [1.29, 1.82) is 0 Å². The third-order valence-corrected chi connectivity index (χ3v) is 1.48. The van der Waals surface area contributed by atoms with E-state index in [-0.39, 0.29) is 6.10 Å². The molecule has 1 rings (SSSR count). The molecule has 3 heteroatoms. The molecule has 3 nitrogen and oxygen atoms in total. The van der Waals surface area contributed by atoms with Gasteiger partial charge in [0.2, 0.25) is 0 Å². The molecule has 1 heterocycles. The van der Waals surface area contributed by atoms with Gasteiger partial charge in [0.25, 0.3) is 6.29 Å². The summed E-state index contributed by atoms with van der Waals surface area (Å²) in [5, 5.41) is 0. The van der Waals surface area contributed by atoms with Crippen LogP contribution in [0.5, 0.6) is 0 Å². The highest BCUT2D eigenvalue weighted by molar-refractivity contribution is 5.54. The van der Waals surface area contributed by atoms with Crippen molar-refractivity contribution in [2.24, 2.45) is 0 Å². The quantitative estimate of drug-likeness (QED) is 0.509. The lowest BCUT2D eigenvalue weighted by molar-refractivity contribution is -0.158. The molecule has 1 aliphatic heterocycles. The molecule has 2 atom stereocenters. The zero-order valence-electron chi connectivity index (χ0n) is 6.03. The van der Waals surface area contributed by atoms with Crippen LogP contribution in [0.3, 0.4) is 0 Å². The van der Waals surface area contributed by atoms with Gasteiger partial charge in [-0.05, 0) is 19.4 Å². The maximum Gasteiger partial charge on any atom is 0.256 e. The molecule has 10 heavy (non-hydrogen) atoms. The van der Waals surface area contributed by atoms with Crippen molar-refractivity contribution in [3.05, 3.63) is 11.8 Å². The third-order valence-electron chi connectivity index (χ3n) is 1.48. The first-order valence-corrected chi connectivity index (χ1v) is 3.17. The Morgan fingerprint density at radius 2 is 2.40 bits per heavy atom. The lowest BCUT2D eigenvalue weighted by Crippen LogP contribution is -2.27. The van der Waals surface area contributed by atoms with E-state index in [1.807, 2.05) is 13.8 Å². The van der Waals surface area contributed by atoms with E-state index in [1.54, 1.807) is 6.26 Å². The van der Waals surface area contributed by atoms with E-state index in [4.69, 9.17) is 9.47 Å². The Bertz CT molecular complexity index is 162. The van der Waals surface area contributed by atoms with Crippen molar-refractivity contribution in [2.45, 2.75) is 26.2 Å². The number of aldehydes is 1. The fourth-order valence-electron chi connectivity index (χ4n) is 0.675. The van der Waals surface area contributed by atoms with Gasteiger partial charge in [-0.25, -0.2) is 0 Å². The van der Waals surface area contributed by atoms with Crippen molar-refractivity contribution in [3.8, 4) is 0 Å². The van der Waals surface area contributed by atoms with Gasteiger partial charge in [-0.15, -0.1) is 0 Å². The molecule has 0 bridgehead atoms. The smallest absolute Gasteiger partial charge is 0.256 e. The van der Waals surface area contributed by atoms with Crippen LogP contribution in [0, 0.1) is 0 Å². The van der Waals surface area contributed by atoms with Crippen LogP contribution in [0.25, 0.3) is 0 Å². The standard InChI is InChI=1S/C7H10O3/c1-5-4-9-7(3-8)10-6(5)2/h3-4,6-7H,1-2H3. The minimum absolute atomic E-state index is 0.0102. The lowest BCUT2D eigenvalue weighted by Gasteiger charge is -2.23. The molecular formula is C7H10O3. The van der Waals surface area contributed by atoms with Crippen LogP contribution in [0.15, 0.2) is 11.8 Å². The molecule has 0 aliphatic carbocycles. The Labute approximate surface area is 59.6 Å². The monoisotopic (exact) mass is 142 g/mol. The zero-order valence-corrected chi connectivity index (χ0v) is 6.03. The number of carbonyl (C=O) groups is 1. The summed E-state index contributed by atoms with van der Waals surface area (Å²) >= 11 is 0. The molecule has 0 fully saturated rings. The summed E-state index contributed by atoms with van der Waals surface area (Å²) in [7, 11) is 0. The van der Waals surface area contributed by atoms with Gasteiger partial charge in [0, 0.05) is 0 Å². The molecule has 0 radical (unpaired) electrons. The summed E-state index contributed by atoms with van der Waals surface area (Å²) in [6.45, 7) is 3.77. The average molecular weight is 142 g/mol. The fraction of sp³-hybridized carbons (Fsp3) is 0.571. The Balaban J connectivity index is 2.59. The van der Waals surface area contributed by atoms with Crippen LogP contribution in [0.4, 0.5) is 0 Å². The van der Waals surface area contributed by atoms with E-state index in [0.29, 0.717) is 6.29 Å². The highest BCUT2D eigenvalue weighted by atomic mass is 16.7. The number of ether oxygens (including phenoxy) is 2. The van der Waals surface area contributed by atoms with Crippen LogP contribution < -0.4 is 0 Å². The van der Waals surface area contributed by atoms with Crippen LogP contribution >= 0.6 is 0 Å². The molecule has 0 amide bonds. The van der Waals surface area contributed by atoms with Gasteiger partial charge in [0.05, 0.1) is 12.4 Å². The lowest BCUT2D eigenvalue weighted by atomic mass is 10.2. The molecule has 0 saturated heterocycles. The van der Waals surface area contributed by atoms with E-state index < -0.39 is 6.29 Å². The number of hydrogen-bond acceptors (Lipinski definition) is 3. The summed E-state index contributed by atoms with van der Waals surface area (Å²) in [4.78, 5) is 10.1. The van der Waals surface area contributed by atoms with E-state index >= 15 is 0 Å². The summed E-state index contributed by atoms with van der Waals surface area (Å²) in [6.07, 6.45) is 1.48. The predicted molar refractivity (Wildman–Crippen MR) is 35.2 cm³/mol. The van der Waals surface area contributed by atoms with Gasteiger partial charge in [-0.3, -0.25) is 4.79 Å². The molecule has 0 aromatic rings. The largest absolute Gasteiger partial charge is 0.465 e. The van der Waals surface area contributed by atoms with E-state index in [0.717, 1.165) is 5.57 Å². The first-order valence-electron chi connectivity index (χ1n) is 3.17. The molecule has 1 aliphatic rings. The molecule has 0 saturated carbocycles. The van der Waals surface area contributed by atoms with E-state index in [9.17, 15) is 4.79 Å². The Morgan fingerprint density at radius 3 is 2.90 bits per heavy atom. The van der Waals surface area contributed by atoms with Crippen LogP contribution in [0.1, 0.15) is 13.8 Å². The van der Waals surface area contributed by atoms with Crippen LogP contribution in [-0.4, -0.2) is 18.7 Å². The summed E-state index contributed by atoms with van der Waals surface area (Å²) in [5.41, 5.74) is 0.998. The Hall–Kier alpha value is -0.830. The topological polar surface area (TPSA) is 35.5 Å². The second kappa shape index (κ2) is 2.84. The fourth-order valence-corrected chi connectivity index (χ4v) is 0.675. The Morgan fingerprint density at radius 1 is 1.70 bits per heavy atom. The average Bonchev–Trinajstić information content (AvgIpc) is 1.95. The summed E-state index contributed by atoms with van der Waals surface area (Å²) in [5.74, 6) is 0. The number of hydrogen-bond donors (Lipinski definition) is 0. The molecular weight excluding hydrogens is 132 g/mol. The normalized spacial score (nSPS) is 32.4. The molecule has 0 aromatic carbocycles. The first kappa shape index (κ1) is 7.28. The first-order chi connectivity index (χ1) is 4.74. The van der Waals surface area contributed by atoms with Crippen molar-refractivity contribution in [2.75, 3.05) is 0 Å². The van der Waals surface area contributed by atoms with Gasteiger partial charge in [-0.1, -0.05) is 0 Å². The maximum absolute atomic E-state index is 10.1. The summed E-state index contributed by atoms with van der Waals surface area (Å²) < 4.78 is 9.95. The Kier molecular flexibility index (Phi) is 2.06. The molecule has 2 unspecified atom stereocenters. The second-order valence-corrected chi connectivity index (χ2v) is 2.28. The van der Waals surface area contributed by atoms with Gasteiger partial charge in [0.1, 0.15) is 0 Å². The van der Waals surface area contributed by atoms with Gasteiger partial charge >= 0.3 is 0 Å². The highest BCUT2D eigenvalue weighted by Crippen LogP contribution is 2.14. The minimum atomic E-state index is -0.710. The van der Waals surface area contributed by atoms with Gasteiger partial charge < -0.3 is 9.47 Å². The SMILES string of the molecule is CC1=COC(C=O)OC1C. The van der Waals surface area contributed by atoms with E-state index in [1.165, 1.54) is 0 Å². The summed E-state index contributed by atoms with van der Waals surface area (Å²) in [6, 6.07) is 0. The number of carbonyl (C=O) groups excluding carboxylic acids is 1. The molecule has 0 spiro atoms. The molecule has 56 valence electrons. The zero-order chi connectivity index (χ0) is 7.56. The number of rotatable bonds is 1. The van der Waals surface area contributed by atoms with Crippen LogP contribution in [-0.2, 0) is 14.3 Å². The third kappa shape index (κ3) is 1.36. The molecule has 0 aromatic heterocycles. The van der Waals surface area contributed by atoms with E-state index in [2.05, 4.69) is 0 Å². The van der Waals surface area contributed by atoms with Crippen molar-refractivity contribution < 1.29 is 14.3 Å². The van der Waals surface area contributed by atoms with Gasteiger partial charge in [-0.2, -0.15) is 0 Å². The highest BCUT2D eigenvalue weighted by Gasteiger charge is 2.18. The molecule has 0 N–H and O–H groups in total. The van der Waals surface area contributed by atoms with Crippen LogP contribution in [0.2, 0.25) is 0 Å². The minimum Gasteiger partial charge on any atom is -0.465 e. The second-order valence-electron chi connectivity index (χ2n) is 2.28. The van der Waals surface area contributed by atoms with Crippen molar-refractivity contribution in [3.63, 3.8) is 0 Å². The van der Waals surface area contributed by atoms with Gasteiger partial charge in [0.15, 0.2) is 6.29 Å².